The summed E-state index contributed by atoms with van der Waals surface area (Å²) in [6, 6.07) is 13.8. The van der Waals surface area contributed by atoms with Gasteiger partial charge in [0.25, 0.3) is 5.91 Å². The van der Waals surface area contributed by atoms with Gasteiger partial charge in [0.2, 0.25) is 0 Å². The lowest BCUT2D eigenvalue weighted by Crippen LogP contribution is -2.17. The summed E-state index contributed by atoms with van der Waals surface area (Å²) in [5, 5.41) is 2.61. The zero-order chi connectivity index (χ0) is 21.3. The molecule has 0 radical (unpaired) electrons. The van der Waals surface area contributed by atoms with E-state index in [0.29, 0.717) is 40.5 Å². The molecule has 158 valence electrons. The minimum Gasteiger partial charge on any atom is -0.493 e. The molecule has 1 amide bonds. The summed E-state index contributed by atoms with van der Waals surface area (Å²) in [7, 11) is 0. The minimum absolute atomic E-state index is 0.173. The van der Waals surface area contributed by atoms with Crippen LogP contribution in [0.3, 0.4) is 0 Å². The van der Waals surface area contributed by atoms with E-state index >= 15 is 0 Å². The third kappa shape index (κ3) is 6.24. The van der Waals surface area contributed by atoms with Crippen LogP contribution in [0.1, 0.15) is 31.4 Å². The van der Waals surface area contributed by atoms with Gasteiger partial charge in [-0.3, -0.25) is 4.79 Å². The molecular formula is C23H25NO4S2. The van der Waals surface area contributed by atoms with Crippen LogP contribution in [-0.2, 0) is 11.2 Å². The Morgan fingerprint density at radius 2 is 1.77 bits per heavy atom. The molecule has 0 unspecified atom stereocenters. The van der Waals surface area contributed by atoms with Crippen LogP contribution in [0.4, 0.5) is 0 Å². The SMILES string of the molecule is CCOc1cc(/C=C2/SC(=S)NC2=O)ccc1OCCCOc1ccc(CC)cc1. The molecule has 3 rings (SSSR count). The fourth-order valence-electron chi connectivity index (χ4n) is 2.83. The Morgan fingerprint density at radius 3 is 2.43 bits per heavy atom. The van der Waals surface area contributed by atoms with Crippen molar-refractivity contribution in [1.82, 2.24) is 5.32 Å². The first-order chi connectivity index (χ1) is 14.6. The van der Waals surface area contributed by atoms with Gasteiger partial charge in [-0.15, -0.1) is 0 Å². The highest BCUT2D eigenvalue weighted by Gasteiger charge is 2.22. The van der Waals surface area contributed by atoms with Crippen molar-refractivity contribution in [1.29, 1.82) is 0 Å². The van der Waals surface area contributed by atoms with Crippen LogP contribution in [0.5, 0.6) is 17.2 Å². The summed E-state index contributed by atoms with van der Waals surface area (Å²) in [6.45, 7) is 5.66. The van der Waals surface area contributed by atoms with Gasteiger partial charge in [0.1, 0.15) is 10.1 Å². The molecule has 0 saturated carbocycles. The van der Waals surface area contributed by atoms with Crippen molar-refractivity contribution in [3.05, 3.63) is 58.5 Å². The zero-order valence-electron chi connectivity index (χ0n) is 17.1. The van der Waals surface area contributed by atoms with Crippen LogP contribution in [0.25, 0.3) is 6.08 Å². The van der Waals surface area contributed by atoms with Crippen molar-refractivity contribution in [2.45, 2.75) is 26.7 Å². The van der Waals surface area contributed by atoms with E-state index in [-0.39, 0.29) is 5.91 Å². The topological polar surface area (TPSA) is 56.8 Å². The standard InChI is InChI=1S/C23H25NO4S2/c1-3-16-6-9-18(10-7-16)27-12-5-13-28-19-11-8-17(14-20(19)26-4-2)15-21-22(25)24-23(29)30-21/h6-11,14-15H,3-5,12-13H2,1-2H3,(H,24,25,29)/b21-15+. The Hall–Kier alpha value is -2.51. The summed E-state index contributed by atoms with van der Waals surface area (Å²) in [6.07, 6.45) is 3.57. The molecule has 1 N–H and O–H groups in total. The lowest BCUT2D eigenvalue weighted by molar-refractivity contribution is -0.115. The molecule has 0 atom stereocenters. The summed E-state index contributed by atoms with van der Waals surface area (Å²) < 4.78 is 17.9. The molecular weight excluding hydrogens is 418 g/mol. The summed E-state index contributed by atoms with van der Waals surface area (Å²) in [5.74, 6) is 2.01. The van der Waals surface area contributed by atoms with Gasteiger partial charge < -0.3 is 19.5 Å². The van der Waals surface area contributed by atoms with Gasteiger partial charge in [0.15, 0.2) is 11.5 Å². The number of nitrogens with one attached hydrogen (secondary N) is 1. The molecule has 0 spiro atoms. The molecule has 30 heavy (non-hydrogen) atoms. The number of carbonyl (C=O) groups excluding carboxylic acids is 1. The van der Waals surface area contributed by atoms with Crippen molar-refractivity contribution < 1.29 is 19.0 Å². The summed E-state index contributed by atoms with van der Waals surface area (Å²) in [5.41, 5.74) is 2.15. The summed E-state index contributed by atoms with van der Waals surface area (Å²) >= 11 is 6.28. The molecule has 0 aliphatic carbocycles. The van der Waals surface area contributed by atoms with E-state index in [1.54, 1.807) is 6.08 Å². The first-order valence-corrected chi connectivity index (χ1v) is 11.2. The third-order valence-electron chi connectivity index (χ3n) is 4.35. The van der Waals surface area contributed by atoms with E-state index in [4.69, 9.17) is 26.4 Å². The van der Waals surface area contributed by atoms with E-state index in [2.05, 4.69) is 24.4 Å². The van der Waals surface area contributed by atoms with Crippen LogP contribution >= 0.6 is 24.0 Å². The number of hydrogen-bond donors (Lipinski definition) is 1. The first-order valence-electron chi connectivity index (χ1n) is 9.95. The molecule has 2 aromatic rings. The monoisotopic (exact) mass is 443 g/mol. The molecule has 1 aliphatic heterocycles. The number of carbonyl (C=O) groups is 1. The number of aryl methyl sites for hydroxylation is 1. The lowest BCUT2D eigenvalue weighted by Gasteiger charge is -2.13. The van der Waals surface area contributed by atoms with Crippen molar-refractivity contribution in [2.75, 3.05) is 19.8 Å². The molecule has 0 aromatic heterocycles. The minimum atomic E-state index is -0.173. The Kier molecular flexibility index (Phi) is 8.16. The molecule has 1 aliphatic rings. The van der Waals surface area contributed by atoms with E-state index in [1.807, 2.05) is 37.3 Å². The molecule has 1 saturated heterocycles. The van der Waals surface area contributed by atoms with Crippen LogP contribution in [0, 0.1) is 0 Å². The van der Waals surface area contributed by atoms with E-state index in [9.17, 15) is 4.79 Å². The zero-order valence-corrected chi connectivity index (χ0v) is 18.7. The average molecular weight is 444 g/mol. The second-order valence-electron chi connectivity index (χ2n) is 6.54. The number of thioether (sulfide) groups is 1. The maximum Gasteiger partial charge on any atom is 0.263 e. The smallest absolute Gasteiger partial charge is 0.263 e. The molecule has 2 aromatic carbocycles. The van der Waals surface area contributed by atoms with E-state index in [0.717, 1.165) is 24.2 Å². The number of thiocarbonyl (C=S) groups is 1. The second kappa shape index (κ2) is 11.0. The normalized spacial score (nSPS) is 14.7. The Balaban J connectivity index is 1.54. The Morgan fingerprint density at radius 1 is 1.00 bits per heavy atom. The van der Waals surface area contributed by atoms with E-state index < -0.39 is 0 Å². The highest BCUT2D eigenvalue weighted by molar-refractivity contribution is 8.26. The van der Waals surface area contributed by atoms with Crippen molar-refractivity contribution >= 4 is 40.3 Å². The molecule has 1 fully saturated rings. The van der Waals surface area contributed by atoms with Gasteiger partial charge in [-0.2, -0.15) is 0 Å². The first kappa shape index (κ1) is 22.2. The van der Waals surface area contributed by atoms with Crippen LogP contribution in [0.15, 0.2) is 47.4 Å². The van der Waals surface area contributed by atoms with Crippen LogP contribution in [-0.4, -0.2) is 30.0 Å². The number of hydrogen-bond acceptors (Lipinski definition) is 6. The highest BCUT2D eigenvalue weighted by atomic mass is 32.2. The largest absolute Gasteiger partial charge is 0.493 e. The predicted octanol–water partition coefficient (Wildman–Crippen LogP) is 4.98. The number of ether oxygens (including phenoxy) is 3. The maximum absolute atomic E-state index is 11.8. The molecule has 0 bridgehead atoms. The van der Waals surface area contributed by atoms with E-state index in [1.165, 1.54) is 17.3 Å². The van der Waals surface area contributed by atoms with Gasteiger partial charge in [-0.25, -0.2) is 0 Å². The lowest BCUT2D eigenvalue weighted by atomic mass is 10.2. The van der Waals surface area contributed by atoms with Crippen molar-refractivity contribution in [2.24, 2.45) is 0 Å². The number of amides is 1. The average Bonchev–Trinajstić information content (AvgIpc) is 3.06. The molecule has 1 heterocycles. The van der Waals surface area contributed by atoms with Gasteiger partial charge in [0.05, 0.1) is 24.7 Å². The molecule has 7 heteroatoms. The van der Waals surface area contributed by atoms with Crippen LogP contribution < -0.4 is 19.5 Å². The quantitative estimate of drug-likeness (QED) is 0.317. The van der Waals surface area contributed by atoms with Crippen molar-refractivity contribution in [3.63, 3.8) is 0 Å². The maximum atomic E-state index is 11.8. The number of benzene rings is 2. The predicted molar refractivity (Wildman–Crippen MR) is 125 cm³/mol. The second-order valence-corrected chi connectivity index (χ2v) is 8.26. The fraction of sp³-hybridized carbons (Fsp3) is 0.304. The fourth-order valence-corrected chi connectivity index (χ4v) is 3.87. The van der Waals surface area contributed by atoms with Gasteiger partial charge in [-0.1, -0.05) is 49.1 Å². The van der Waals surface area contributed by atoms with Gasteiger partial charge in [-0.05, 0) is 54.8 Å². The highest BCUT2D eigenvalue weighted by Crippen LogP contribution is 2.32. The van der Waals surface area contributed by atoms with Gasteiger partial charge in [0, 0.05) is 6.42 Å². The van der Waals surface area contributed by atoms with Crippen LogP contribution in [0.2, 0.25) is 0 Å². The van der Waals surface area contributed by atoms with Gasteiger partial charge >= 0.3 is 0 Å². The van der Waals surface area contributed by atoms with Crippen molar-refractivity contribution in [3.8, 4) is 17.2 Å². The third-order valence-corrected chi connectivity index (χ3v) is 5.52. The Labute approximate surface area is 186 Å². The summed E-state index contributed by atoms with van der Waals surface area (Å²) in [4.78, 5) is 12.4. The Bertz CT molecular complexity index is 925. The number of rotatable bonds is 10. The molecule has 5 nitrogen and oxygen atoms in total.